The Morgan fingerprint density at radius 2 is 1.92 bits per heavy atom. The Morgan fingerprint density at radius 1 is 1.14 bits per heavy atom. The lowest BCUT2D eigenvalue weighted by Crippen LogP contribution is -2.45. The number of thioether (sulfide) groups is 1. The Kier molecular flexibility index (Phi) is 10.3. The van der Waals surface area contributed by atoms with Crippen LogP contribution in [0.15, 0.2) is 52.3 Å². The van der Waals surface area contributed by atoms with Gasteiger partial charge in [0.15, 0.2) is 0 Å². The molecule has 1 fully saturated rings. The second-order valence-corrected chi connectivity index (χ2v) is 9.76. The van der Waals surface area contributed by atoms with Crippen LogP contribution in [0.2, 0.25) is 0 Å². The lowest BCUT2D eigenvalue weighted by Gasteiger charge is -2.32. The van der Waals surface area contributed by atoms with Gasteiger partial charge in [-0.05, 0) is 49.6 Å². The van der Waals surface area contributed by atoms with E-state index in [1.807, 2.05) is 30.3 Å². The molecule has 2 N–H and O–H groups in total. The van der Waals surface area contributed by atoms with Gasteiger partial charge in [0.05, 0.1) is 29.8 Å². The maximum Gasteiger partial charge on any atom is 0.341 e. The fourth-order valence-corrected chi connectivity index (χ4v) is 5.57. The number of rotatable bonds is 8. The molecule has 8 nitrogen and oxygen atoms in total. The van der Waals surface area contributed by atoms with E-state index in [0.717, 1.165) is 60.4 Å². The van der Waals surface area contributed by atoms with Crippen LogP contribution < -0.4 is 10.1 Å². The number of hydrogen-bond acceptors (Lipinski definition) is 7. The molecule has 0 saturated carbocycles. The van der Waals surface area contributed by atoms with Crippen molar-refractivity contribution in [3.05, 3.63) is 58.6 Å². The summed E-state index contributed by atoms with van der Waals surface area (Å²) in [5.41, 5.74) is 2.26. The quantitative estimate of drug-likeness (QED) is 0.302. The zero-order chi connectivity index (χ0) is 24.2. The maximum atomic E-state index is 12.9. The van der Waals surface area contributed by atoms with Crippen LogP contribution in [-0.4, -0.2) is 66.4 Å². The lowest BCUT2D eigenvalue weighted by molar-refractivity contribution is -0.117. The molecule has 11 heteroatoms. The molecular weight excluding hydrogens is 535 g/mol. The summed E-state index contributed by atoms with van der Waals surface area (Å²) < 4.78 is 10.6. The first-order valence-corrected chi connectivity index (χ1v) is 12.6. The van der Waals surface area contributed by atoms with Crippen LogP contribution in [0.3, 0.4) is 0 Å². The van der Waals surface area contributed by atoms with Crippen molar-refractivity contribution in [2.75, 3.05) is 33.4 Å². The minimum Gasteiger partial charge on any atom is -0.493 e. The second-order valence-electron chi connectivity index (χ2n) is 8.68. The first kappa shape index (κ1) is 28.8. The van der Waals surface area contributed by atoms with Gasteiger partial charge in [-0.25, -0.2) is 4.79 Å². The molecule has 0 aliphatic carbocycles. The number of esters is 1. The van der Waals surface area contributed by atoms with Gasteiger partial charge in [0, 0.05) is 36.0 Å². The van der Waals surface area contributed by atoms with Crippen LogP contribution in [0.1, 0.15) is 35.3 Å². The van der Waals surface area contributed by atoms with E-state index in [4.69, 9.17) is 9.47 Å². The van der Waals surface area contributed by atoms with E-state index in [0.29, 0.717) is 22.8 Å². The largest absolute Gasteiger partial charge is 0.493 e. The number of halogens is 2. The van der Waals surface area contributed by atoms with E-state index in [-0.39, 0.29) is 36.8 Å². The van der Waals surface area contributed by atoms with E-state index in [1.54, 1.807) is 18.2 Å². The molecule has 3 heterocycles. The van der Waals surface area contributed by atoms with Gasteiger partial charge < -0.3 is 19.7 Å². The van der Waals surface area contributed by atoms with Gasteiger partial charge in [0.25, 0.3) is 5.91 Å². The number of carbonyl (C=O) groups is 2. The third-order valence-electron chi connectivity index (χ3n) is 6.38. The summed E-state index contributed by atoms with van der Waals surface area (Å²) in [7, 11) is 1.37. The van der Waals surface area contributed by atoms with Crippen molar-refractivity contribution in [1.29, 1.82) is 0 Å². The highest BCUT2D eigenvalue weighted by Gasteiger charge is 2.25. The summed E-state index contributed by atoms with van der Waals surface area (Å²) in [5.74, 6) is 0.131. The second kappa shape index (κ2) is 13.2. The molecule has 3 aromatic rings. The summed E-state index contributed by atoms with van der Waals surface area (Å²) in [6, 6.07) is 13.3. The topological polar surface area (TPSA) is 96.5 Å². The highest BCUT2D eigenvalue weighted by atomic mass is 35.5. The predicted molar refractivity (Wildman–Crippen MR) is 150 cm³/mol. The average Bonchev–Trinajstić information content (AvgIpc) is 3.31. The maximum absolute atomic E-state index is 12.9. The van der Waals surface area contributed by atoms with Crippen molar-refractivity contribution in [1.82, 2.24) is 20.4 Å². The van der Waals surface area contributed by atoms with E-state index in [1.165, 1.54) is 18.9 Å². The molecule has 0 spiro atoms. The average molecular weight is 566 g/mol. The number of methoxy groups -OCH3 is 1. The number of amides is 1. The van der Waals surface area contributed by atoms with E-state index < -0.39 is 5.97 Å². The number of aromatic nitrogens is 2. The van der Waals surface area contributed by atoms with E-state index in [2.05, 4.69) is 20.4 Å². The summed E-state index contributed by atoms with van der Waals surface area (Å²) in [6.45, 7) is 3.30. The summed E-state index contributed by atoms with van der Waals surface area (Å²) in [5, 5.41) is 11.7. The molecule has 1 aromatic heterocycles. The highest BCUT2D eigenvalue weighted by Crippen LogP contribution is 2.39. The standard InChI is InChI=1S/C26H28N4O4S.2ClH/c1-33-26(32)18-6-2-3-8-21(18)34-15-5-12-30-13-10-17(11-14-30)27-25(31)23-16-20-24-19(28-29-20)7-4-9-22(24)35-23;;/h2-4,6-9,16-17H,5,10-15H2,1H3,(H,27,31)(H,28,29);2*1H. The minimum absolute atomic E-state index is 0. The van der Waals surface area contributed by atoms with Gasteiger partial charge in [-0.3, -0.25) is 9.89 Å². The zero-order valence-electron chi connectivity index (χ0n) is 20.4. The Balaban J connectivity index is 0.00000190. The number of para-hydroxylation sites is 1. The molecule has 0 bridgehead atoms. The number of benzene rings is 2. The molecule has 2 aliphatic rings. The minimum atomic E-state index is -0.394. The molecule has 37 heavy (non-hydrogen) atoms. The van der Waals surface area contributed by atoms with Crippen molar-refractivity contribution in [3.63, 3.8) is 0 Å². The van der Waals surface area contributed by atoms with E-state index >= 15 is 0 Å². The Morgan fingerprint density at radius 3 is 2.70 bits per heavy atom. The number of piperidine rings is 1. The number of nitrogens with one attached hydrogen (secondary N) is 2. The third kappa shape index (κ3) is 6.59. The van der Waals surface area contributed by atoms with Crippen LogP contribution >= 0.6 is 36.6 Å². The van der Waals surface area contributed by atoms with Gasteiger partial charge >= 0.3 is 5.97 Å². The number of H-pyrrole nitrogens is 1. The van der Waals surface area contributed by atoms with Gasteiger partial charge in [0.1, 0.15) is 11.3 Å². The van der Waals surface area contributed by atoms with Crippen LogP contribution in [0.25, 0.3) is 17.0 Å². The van der Waals surface area contributed by atoms with Crippen molar-refractivity contribution < 1.29 is 19.1 Å². The van der Waals surface area contributed by atoms with Crippen molar-refractivity contribution in [3.8, 4) is 5.75 Å². The van der Waals surface area contributed by atoms with Crippen LogP contribution in [0, 0.1) is 0 Å². The van der Waals surface area contributed by atoms with Gasteiger partial charge in [-0.15, -0.1) is 24.8 Å². The SMILES string of the molecule is COC(=O)c1ccccc1OCCCN1CCC(NC(=O)C2=Cc3[nH]nc4cccc(c34)S2)CC1.Cl.Cl. The highest BCUT2D eigenvalue weighted by molar-refractivity contribution is 8.04. The number of likely N-dealkylation sites (tertiary alicyclic amines) is 1. The lowest BCUT2D eigenvalue weighted by atomic mass is 10.0. The van der Waals surface area contributed by atoms with Crippen LogP contribution in [0.5, 0.6) is 5.75 Å². The number of ether oxygens (including phenoxy) is 2. The van der Waals surface area contributed by atoms with Crippen molar-refractivity contribution >= 4 is 65.4 Å². The van der Waals surface area contributed by atoms with Gasteiger partial charge in [-0.2, -0.15) is 5.10 Å². The van der Waals surface area contributed by atoms with Crippen LogP contribution in [0.4, 0.5) is 0 Å². The molecule has 5 rings (SSSR count). The first-order valence-electron chi connectivity index (χ1n) is 11.8. The molecule has 1 saturated heterocycles. The molecule has 198 valence electrons. The third-order valence-corrected chi connectivity index (χ3v) is 7.46. The molecule has 1 amide bonds. The molecule has 0 atom stereocenters. The number of aromatic amines is 1. The smallest absolute Gasteiger partial charge is 0.341 e. The molecule has 0 unspecified atom stereocenters. The summed E-state index contributed by atoms with van der Waals surface area (Å²) >= 11 is 1.50. The molecule has 0 radical (unpaired) electrons. The summed E-state index contributed by atoms with van der Waals surface area (Å²) in [6.07, 6.45) is 4.59. The number of carbonyl (C=O) groups excluding carboxylic acids is 2. The van der Waals surface area contributed by atoms with E-state index in [9.17, 15) is 9.59 Å². The van der Waals surface area contributed by atoms with Gasteiger partial charge in [-0.1, -0.05) is 30.0 Å². The monoisotopic (exact) mass is 564 g/mol. The normalized spacial score (nSPS) is 15.2. The zero-order valence-corrected chi connectivity index (χ0v) is 22.8. The van der Waals surface area contributed by atoms with Crippen molar-refractivity contribution in [2.45, 2.75) is 30.2 Å². The fraction of sp³-hybridized carbons (Fsp3) is 0.346. The number of hydrogen-bond donors (Lipinski definition) is 2. The first-order chi connectivity index (χ1) is 17.1. The Hall–Kier alpha value is -2.72. The molecule has 2 aliphatic heterocycles. The predicted octanol–water partition coefficient (Wildman–Crippen LogP) is 4.69. The van der Waals surface area contributed by atoms with Gasteiger partial charge in [0.2, 0.25) is 0 Å². The Bertz CT molecular complexity index is 1270. The Labute approximate surface area is 232 Å². The number of nitrogens with zero attached hydrogens (tertiary/aromatic N) is 2. The molecule has 2 aromatic carbocycles. The van der Waals surface area contributed by atoms with Crippen LogP contribution in [-0.2, 0) is 9.53 Å². The van der Waals surface area contributed by atoms with Crippen molar-refractivity contribution in [2.24, 2.45) is 0 Å². The molecular formula is C26H30Cl2N4O4S. The summed E-state index contributed by atoms with van der Waals surface area (Å²) in [4.78, 5) is 29.0. The fourth-order valence-electron chi connectivity index (χ4n) is 4.54.